The third-order valence-electron chi connectivity index (χ3n) is 2.64. The fourth-order valence-corrected chi connectivity index (χ4v) is 1.53. The summed E-state index contributed by atoms with van der Waals surface area (Å²) in [5, 5.41) is 14.8. The van der Waals surface area contributed by atoms with Crippen molar-refractivity contribution in [2.75, 3.05) is 26.8 Å². The number of carbonyl (C=O) groups excluding carboxylic acids is 1. The number of hydrogen-bond donors (Lipinski definition) is 3. The van der Waals surface area contributed by atoms with Gasteiger partial charge in [-0.3, -0.25) is 0 Å². The highest BCUT2D eigenvalue weighted by molar-refractivity contribution is 5.73. The Labute approximate surface area is 124 Å². The summed E-state index contributed by atoms with van der Waals surface area (Å²) in [5.41, 5.74) is 0.986. The highest BCUT2D eigenvalue weighted by atomic mass is 16.5. The van der Waals surface area contributed by atoms with Gasteiger partial charge in [0.1, 0.15) is 5.75 Å². The van der Waals surface area contributed by atoms with Gasteiger partial charge in [0, 0.05) is 13.1 Å². The van der Waals surface area contributed by atoms with Gasteiger partial charge in [0.05, 0.1) is 26.4 Å². The smallest absolute Gasteiger partial charge is 0.315 e. The summed E-state index contributed by atoms with van der Waals surface area (Å²) in [6, 6.07) is 7.14. The average molecular weight is 294 g/mol. The molecule has 0 radical (unpaired) electrons. The van der Waals surface area contributed by atoms with E-state index in [1.165, 1.54) is 0 Å². The number of rotatable bonds is 9. The minimum absolute atomic E-state index is 0.131. The van der Waals surface area contributed by atoms with Gasteiger partial charge < -0.3 is 25.2 Å². The molecule has 0 heterocycles. The number of nitrogens with one attached hydrogen (secondary N) is 2. The van der Waals surface area contributed by atoms with Crippen LogP contribution in [0.25, 0.3) is 0 Å². The molecule has 1 rings (SSSR count). The quantitative estimate of drug-likeness (QED) is 0.595. The number of carbonyl (C=O) groups is 1. The second-order valence-electron chi connectivity index (χ2n) is 4.40. The fourth-order valence-electron chi connectivity index (χ4n) is 1.53. The molecule has 1 unspecified atom stereocenters. The molecule has 2 amide bonds. The highest BCUT2D eigenvalue weighted by Crippen LogP contribution is 2.11. The highest BCUT2D eigenvalue weighted by Gasteiger charge is 2.06. The van der Waals surface area contributed by atoms with Crippen LogP contribution < -0.4 is 15.4 Å². The Kier molecular flexibility index (Phi) is 7.93. The first-order valence-electron chi connectivity index (χ1n) is 6.67. The summed E-state index contributed by atoms with van der Waals surface area (Å²) >= 11 is 0. The van der Waals surface area contributed by atoms with Crippen LogP contribution >= 0.6 is 0 Å². The molecular formula is C15H22N2O4. The van der Waals surface area contributed by atoms with Crippen LogP contribution in [0.2, 0.25) is 0 Å². The van der Waals surface area contributed by atoms with Gasteiger partial charge in [-0.05, 0) is 17.7 Å². The molecule has 6 heteroatoms. The van der Waals surface area contributed by atoms with E-state index in [1.54, 1.807) is 13.2 Å². The summed E-state index contributed by atoms with van der Waals surface area (Å²) in [6.45, 7) is 4.54. The molecule has 0 saturated heterocycles. The van der Waals surface area contributed by atoms with Gasteiger partial charge >= 0.3 is 6.03 Å². The number of aliphatic hydroxyl groups excluding tert-OH is 1. The zero-order valence-corrected chi connectivity index (χ0v) is 12.2. The molecule has 0 aliphatic heterocycles. The molecule has 1 atom stereocenters. The summed E-state index contributed by atoms with van der Waals surface area (Å²) in [7, 11) is 1.61. The summed E-state index contributed by atoms with van der Waals surface area (Å²) < 4.78 is 10.5. The predicted molar refractivity (Wildman–Crippen MR) is 80.3 cm³/mol. The van der Waals surface area contributed by atoms with E-state index in [4.69, 9.17) is 9.47 Å². The van der Waals surface area contributed by atoms with Crippen LogP contribution in [0.15, 0.2) is 36.9 Å². The van der Waals surface area contributed by atoms with E-state index in [2.05, 4.69) is 17.2 Å². The van der Waals surface area contributed by atoms with Gasteiger partial charge in [-0.25, -0.2) is 4.79 Å². The number of ether oxygens (including phenoxy) is 2. The molecule has 0 fully saturated rings. The van der Waals surface area contributed by atoms with Crippen LogP contribution in [-0.2, 0) is 11.3 Å². The Hall–Kier alpha value is -2.05. The molecule has 21 heavy (non-hydrogen) atoms. The molecule has 6 nitrogen and oxygen atoms in total. The Morgan fingerprint density at radius 1 is 1.38 bits per heavy atom. The lowest BCUT2D eigenvalue weighted by Gasteiger charge is -2.13. The summed E-state index contributed by atoms with van der Waals surface area (Å²) in [6.07, 6.45) is 0.825. The van der Waals surface area contributed by atoms with E-state index in [9.17, 15) is 9.90 Å². The van der Waals surface area contributed by atoms with Gasteiger partial charge in [0.25, 0.3) is 0 Å². The van der Waals surface area contributed by atoms with Crippen LogP contribution in [0, 0.1) is 0 Å². The van der Waals surface area contributed by atoms with Gasteiger partial charge in [-0.2, -0.15) is 0 Å². The first kappa shape index (κ1) is 17.0. The lowest BCUT2D eigenvalue weighted by atomic mass is 10.2. The van der Waals surface area contributed by atoms with E-state index in [0.29, 0.717) is 13.2 Å². The first-order valence-corrected chi connectivity index (χ1v) is 6.67. The van der Waals surface area contributed by atoms with Crippen molar-refractivity contribution >= 4 is 6.03 Å². The van der Waals surface area contributed by atoms with Gasteiger partial charge in [0.15, 0.2) is 0 Å². The largest absolute Gasteiger partial charge is 0.497 e. The van der Waals surface area contributed by atoms with Crippen molar-refractivity contribution in [2.45, 2.75) is 12.7 Å². The Balaban J connectivity index is 2.16. The molecular weight excluding hydrogens is 272 g/mol. The van der Waals surface area contributed by atoms with Crippen LogP contribution in [0.3, 0.4) is 0 Å². The third kappa shape index (κ3) is 7.34. The van der Waals surface area contributed by atoms with Crippen LogP contribution in [0.4, 0.5) is 4.79 Å². The minimum Gasteiger partial charge on any atom is -0.497 e. The number of aliphatic hydroxyl groups is 1. The van der Waals surface area contributed by atoms with Crippen molar-refractivity contribution in [1.29, 1.82) is 0 Å². The Morgan fingerprint density at radius 2 is 2.10 bits per heavy atom. The van der Waals surface area contributed by atoms with Gasteiger partial charge in [-0.1, -0.05) is 18.2 Å². The van der Waals surface area contributed by atoms with E-state index in [0.717, 1.165) is 11.3 Å². The van der Waals surface area contributed by atoms with Gasteiger partial charge in [-0.15, -0.1) is 6.58 Å². The van der Waals surface area contributed by atoms with Crippen molar-refractivity contribution in [1.82, 2.24) is 10.6 Å². The van der Waals surface area contributed by atoms with Gasteiger partial charge in [0.2, 0.25) is 0 Å². The molecule has 116 valence electrons. The molecule has 1 aromatic rings. The number of methoxy groups -OCH3 is 1. The van der Waals surface area contributed by atoms with Crippen molar-refractivity contribution in [3.8, 4) is 5.75 Å². The van der Waals surface area contributed by atoms with Crippen molar-refractivity contribution in [3.05, 3.63) is 42.5 Å². The van der Waals surface area contributed by atoms with E-state index in [1.807, 2.05) is 24.3 Å². The molecule has 0 spiro atoms. The monoisotopic (exact) mass is 294 g/mol. The molecule has 1 aromatic carbocycles. The topological polar surface area (TPSA) is 79.8 Å². The zero-order valence-electron chi connectivity index (χ0n) is 12.2. The number of urea groups is 1. The predicted octanol–water partition coefficient (Wildman–Crippen LogP) is 1.06. The molecule has 0 aliphatic carbocycles. The first-order chi connectivity index (χ1) is 10.2. The van der Waals surface area contributed by atoms with Crippen LogP contribution in [0.5, 0.6) is 5.75 Å². The fraction of sp³-hybridized carbons (Fsp3) is 0.400. The number of amides is 2. The summed E-state index contributed by atoms with van der Waals surface area (Å²) in [4.78, 5) is 11.2. The third-order valence-corrected chi connectivity index (χ3v) is 2.64. The maximum atomic E-state index is 11.2. The Bertz CT molecular complexity index is 434. The SMILES string of the molecule is C=CCNC(=O)NCC(O)COCc1ccc(OC)cc1. The van der Waals surface area contributed by atoms with E-state index >= 15 is 0 Å². The maximum Gasteiger partial charge on any atom is 0.315 e. The van der Waals surface area contributed by atoms with Crippen LogP contribution in [-0.4, -0.2) is 44.0 Å². The number of benzene rings is 1. The molecule has 3 N–H and O–H groups in total. The molecule has 0 aliphatic rings. The lowest BCUT2D eigenvalue weighted by Crippen LogP contribution is -2.40. The number of hydrogen-bond acceptors (Lipinski definition) is 4. The van der Waals surface area contributed by atoms with Crippen LogP contribution in [0.1, 0.15) is 5.56 Å². The second kappa shape index (κ2) is 9.79. The lowest BCUT2D eigenvalue weighted by molar-refractivity contribution is 0.0300. The molecule has 0 bridgehead atoms. The zero-order chi connectivity index (χ0) is 15.5. The van der Waals surface area contributed by atoms with Crippen molar-refractivity contribution < 1.29 is 19.4 Å². The molecule has 0 saturated carbocycles. The standard InChI is InChI=1S/C15H22N2O4/c1-3-8-16-15(19)17-9-13(18)11-21-10-12-4-6-14(20-2)7-5-12/h3-7,13,18H,1,8-11H2,2H3,(H2,16,17,19). The van der Waals surface area contributed by atoms with E-state index in [-0.39, 0.29) is 19.2 Å². The maximum absolute atomic E-state index is 11.2. The Morgan fingerprint density at radius 3 is 2.71 bits per heavy atom. The van der Waals surface area contributed by atoms with Crippen molar-refractivity contribution in [3.63, 3.8) is 0 Å². The molecule has 0 aromatic heterocycles. The average Bonchev–Trinajstić information content (AvgIpc) is 2.51. The second-order valence-corrected chi connectivity index (χ2v) is 4.40. The normalized spacial score (nSPS) is 11.5. The minimum atomic E-state index is -0.752. The summed E-state index contributed by atoms with van der Waals surface area (Å²) in [5.74, 6) is 0.786. The van der Waals surface area contributed by atoms with Crippen molar-refractivity contribution in [2.24, 2.45) is 0 Å². The van der Waals surface area contributed by atoms with E-state index < -0.39 is 6.10 Å².